The summed E-state index contributed by atoms with van der Waals surface area (Å²) < 4.78 is 5.32. The Bertz CT molecular complexity index is 944. The summed E-state index contributed by atoms with van der Waals surface area (Å²) in [6, 6.07) is 10.7. The lowest BCUT2D eigenvalue weighted by Crippen LogP contribution is -2.38. The van der Waals surface area contributed by atoms with Gasteiger partial charge in [-0.2, -0.15) is 0 Å². The molecule has 1 unspecified atom stereocenters. The molecule has 2 heterocycles. The van der Waals surface area contributed by atoms with Gasteiger partial charge in [0.2, 0.25) is 5.82 Å². The average molecular weight is 378 g/mol. The molecule has 0 spiro atoms. The van der Waals surface area contributed by atoms with E-state index in [1.807, 2.05) is 12.1 Å². The molecule has 28 heavy (non-hydrogen) atoms. The first-order valence-corrected chi connectivity index (χ1v) is 9.77. The number of H-pyrrole nitrogens is 1. The van der Waals surface area contributed by atoms with E-state index in [1.165, 1.54) is 42.4 Å². The normalized spacial score (nSPS) is 15.1. The number of guanidine groups is 1. The zero-order chi connectivity index (χ0) is 19.3. The average Bonchev–Trinajstić information content (AvgIpc) is 3.42. The van der Waals surface area contributed by atoms with E-state index in [9.17, 15) is 0 Å². The minimum absolute atomic E-state index is 0.159. The van der Waals surface area contributed by atoms with Crippen LogP contribution in [0.1, 0.15) is 48.3 Å². The molecule has 4 rings (SSSR count). The quantitative estimate of drug-likeness (QED) is 0.468. The van der Waals surface area contributed by atoms with Gasteiger partial charge in [-0.25, -0.2) is 4.98 Å². The predicted molar refractivity (Wildman–Crippen MR) is 109 cm³/mol. The monoisotopic (exact) mass is 378 g/mol. The minimum Gasteiger partial charge on any atom is -0.461 e. The number of hydrogen-bond donors (Lipinski definition) is 3. The summed E-state index contributed by atoms with van der Waals surface area (Å²) in [6.45, 7) is 2.64. The molecule has 0 amide bonds. The molecule has 0 bridgehead atoms. The molecular weight excluding hydrogens is 352 g/mol. The molecule has 2 aromatic heterocycles. The van der Waals surface area contributed by atoms with Crippen molar-refractivity contribution < 1.29 is 4.42 Å². The highest BCUT2D eigenvalue weighted by Gasteiger charge is 2.14. The first-order chi connectivity index (χ1) is 13.7. The Kier molecular flexibility index (Phi) is 5.41. The highest BCUT2D eigenvalue weighted by molar-refractivity contribution is 5.80. The van der Waals surface area contributed by atoms with E-state index in [-0.39, 0.29) is 6.04 Å². The van der Waals surface area contributed by atoms with Gasteiger partial charge in [0.1, 0.15) is 5.82 Å². The van der Waals surface area contributed by atoms with Gasteiger partial charge in [0.05, 0.1) is 18.8 Å². The minimum atomic E-state index is 0.159. The summed E-state index contributed by atoms with van der Waals surface area (Å²) in [7, 11) is 1.77. The number of rotatable bonds is 5. The third-order valence-corrected chi connectivity index (χ3v) is 5.15. The van der Waals surface area contributed by atoms with Crippen molar-refractivity contribution in [2.45, 2.75) is 45.2 Å². The van der Waals surface area contributed by atoms with Gasteiger partial charge in [-0.1, -0.05) is 18.2 Å². The molecule has 1 aromatic carbocycles. The number of aryl methyl sites for hydroxylation is 2. The van der Waals surface area contributed by atoms with Crippen LogP contribution in [0.2, 0.25) is 0 Å². The number of nitrogens with zero attached hydrogens (tertiary/aromatic N) is 3. The second-order valence-corrected chi connectivity index (χ2v) is 7.11. The van der Waals surface area contributed by atoms with Crippen LogP contribution in [0, 0.1) is 0 Å². The maximum Gasteiger partial charge on any atom is 0.216 e. The van der Waals surface area contributed by atoms with Crippen molar-refractivity contribution in [2.24, 2.45) is 4.99 Å². The number of aliphatic imine (C=N–C) groups is 1. The standard InChI is InChI=1S/C21H26N6O/c1-14(16-10-9-15-6-3-4-7-17(15)12-16)24-21(22-2)23-13-19-25-20(27-26-19)18-8-5-11-28-18/h5,8-12,14H,3-4,6-7,13H2,1-2H3,(H2,22,23,24)(H,25,26,27). The van der Waals surface area contributed by atoms with Gasteiger partial charge in [-0.15, -0.1) is 5.10 Å². The molecule has 1 aliphatic carbocycles. The zero-order valence-electron chi connectivity index (χ0n) is 16.3. The fourth-order valence-corrected chi connectivity index (χ4v) is 3.56. The highest BCUT2D eigenvalue weighted by Crippen LogP contribution is 2.24. The lowest BCUT2D eigenvalue weighted by Gasteiger charge is -2.21. The smallest absolute Gasteiger partial charge is 0.216 e. The Balaban J connectivity index is 1.35. The zero-order valence-corrected chi connectivity index (χ0v) is 16.3. The summed E-state index contributed by atoms with van der Waals surface area (Å²) in [4.78, 5) is 8.77. The van der Waals surface area contributed by atoms with Crippen molar-refractivity contribution >= 4 is 5.96 Å². The van der Waals surface area contributed by atoms with Gasteiger partial charge >= 0.3 is 0 Å². The Morgan fingerprint density at radius 2 is 2.11 bits per heavy atom. The number of furan rings is 1. The van der Waals surface area contributed by atoms with Crippen molar-refractivity contribution in [1.82, 2.24) is 25.8 Å². The molecule has 7 heteroatoms. The number of aromatic amines is 1. The van der Waals surface area contributed by atoms with Crippen molar-refractivity contribution in [3.63, 3.8) is 0 Å². The van der Waals surface area contributed by atoms with Crippen LogP contribution in [-0.2, 0) is 19.4 Å². The first kappa shape index (κ1) is 18.3. The van der Waals surface area contributed by atoms with Crippen LogP contribution in [0.15, 0.2) is 46.0 Å². The van der Waals surface area contributed by atoms with Crippen molar-refractivity contribution in [1.29, 1.82) is 0 Å². The summed E-state index contributed by atoms with van der Waals surface area (Å²) in [5.41, 5.74) is 4.28. The maximum atomic E-state index is 5.32. The summed E-state index contributed by atoms with van der Waals surface area (Å²) in [6.07, 6.45) is 6.60. The van der Waals surface area contributed by atoms with Gasteiger partial charge in [-0.3, -0.25) is 10.1 Å². The number of hydrogen-bond acceptors (Lipinski definition) is 4. The van der Waals surface area contributed by atoms with Gasteiger partial charge in [0.15, 0.2) is 11.7 Å². The van der Waals surface area contributed by atoms with E-state index in [4.69, 9.17) is 4.42 Å². The second kappa shape index (κ2) is 8.29. The molecule has 3 aromatic rings. The van der Waals surface area contributed by atoms with E-state index in [2.05, 4.69) is 55.9 Å². The molecule has 146 valence electrons. The topological polar surface area (TPSA) is 91.1 Å². The number of aromatic nitrogens is 3. The molecule has 0 saturated carbocycles. The molecule has 0 aliphatic heterocycles. The van der Waals surface area contributed by atoms with E-state index in [0.717, 1.165) is 11.8 Å². The SMILES string of the molecule is CN=C(NCc1nc(-c2ccco2)n[nH]1)NC(C)c1ccc2c(c1)CCCC2. The first-order valence-electron chi connectivity index (χ1n) is 9.77. The molecular formula is C21H26N6O. The van der Waals surface area contributed by atoms with E-state index in [1.54, 1.807) is 13.3 Å². The van der Waals surface area contributed by atoms with Crippen molar-refractivity contribution in [3.8, 4) is 11.6 Å². The third-order valence-electron chi connectivity index (χ3n) is 5.15. The van der Waals surface area contributed by atoms with Crippen LogP contribution < -0.4 is 10.6 Å². The van der Waals surface area contributed by atoms with Gasteiger partial charge in [-0.05, 0) is 61.4 Å². The Labute approximate surface area is 164 Å². The van der Waals surface area contributed by atoms with E-state index < -0.39 is 0 Å². The molecule has 0 radical (unpaired) electrons. The van der Waals surface area contributed by atoms with Crippen molar-refractivity contribution in [3.05, 3.63) is 59.1 Å². The van der Waals surface area contributed by atoms with Gasteiger partial charge in [0.25, 0.3) is 0 Å². The maximum absolute atomic E-state index is 5.32. The van der Waals surface area contributed by atoms with Crippen LogP contribution in [0.4, 0.5) is 0 Å². The Morgan fingerprint density at radius 1 is 1.25 bits per heavy atom. The van der Waals surface area contributed by atoms with Crippen LogP contribution in [-0.4, -0.2) is 28.2 Å². The van der Waals surface area contributed by atoms with E-state index >= 15 is 0 Å². The second-order valence-electron chi connectivity index (χ2n) is 7.11. The lowest BCUT2D eigenvalue weighted by atomic mass is 9.89. The summed E-state index contributed by atoms with van der Waals surface area (Å²) >= 11 is 0. The summed E-state index contributed by atoms with van der Waals surface area (Å²) in [5, 5.41) is 13.8. The Morgan fingerprint density at radius 3 is 2.89 bits per heavy atom. The van der Waals surface area contributed by atoms with Crippen LogP contribution in [0.3, 0.4) is 0 Å². The molecule has 1 aliphatic rings. The fourth-order valence-electron chi connectivity index (χ4n) is 3.56. The lowest BCUT2D eigenvalue weighted by molar-refractivity contribution is 0.577. The molecule has 1 atom stereocenters. The Hall–Kier alpha value is -3.09. The molecule has 0 fully saturated rings. The van der Waals surface area contributed by atoms with Crippen LogP contribution in [0.5, 0.6) is 0 Å². The number of benzene rings is 1. The predicted octanol–water partition coefficient (Wildman–Crippen LogP) is 3.37. The largest absolute Gasteiger partial charge is 0.461 e. The van der Waals surface area contributed by atoms with Crippen LogP contribution >= 0.6 is 0 Å². The van der Waals surface area contributed by atoms with Gasteiger partial charge in [0, 0.05) is 7.05 Å². The highest BCUT2D eigenvalue weighted by atomic mass is 16.3. The fraction of sp³-hybridized carbons (Fsp3) is 0.381. The molecule has 0 saturated heterocycles. The van der Waals surface area contributed by atoms with Crippen molar-refractivity contribution in [2.75, 3.05) is 7.05 Å². The number of fused-ring (bicyclic) bond motifs is 1. The van der Waals surface area contributed by atoms with E-state index in [0.29, 0.717) is 18.1 Å². The van der Waals surface area contributed by atoms with Crippen LogP contribution in [0.25, 0.3) is 11.6 Å². The molecule has 3 N–H and O–H groups in total. The summed E-state index contributed by atoms with van der Waals surface area (Å²) in [5.74, 6) is 2.63. The number of nitrogens with one attached hydrogen (secondary N) is 3. The third kappa shape index (κ3) is 4.08. The van der Waals surface area contributed by atoms with Gasteiger partial charge < -0.3 is 15.1 Å². The molecule has 7 nitrogen and oxygen atoms in total.